The molecule has 0 bridgehead atoms. The molecule has 0 aliphatic rings. The lowest BCUT2D eigenvalue weighted by molar-refractivity contribution is -0.113. The number of nitrogens with one attached hydrogen (secondary N) is 1. The second-order valence-electron chi connectivity index (χ2n) is 4.85. The van der Waals surface area contributed by atoms with Gasteiger partial charge in [0.1, 0.15) is 11.6 Å². The first-order chi connectivity index (χ1) is 7.88. The number of carbonyl (C=O) groups is 1. The van der Waals surface area contributed by atoms with Crippen LogP contribution in [0.15, 0.2) is 18.2 Å². The largest absolute Gasteiger partial charge is 0.495 e. The maximum atomic E-state index is 11.3. The Balaban J connectivity index is 3.11. The van der Waals surface area contributed by atoms with E-state index in [4.69, 9.17) is 16.3 Å². The van der Waals surface area contributed by atoms with Gasteiger partial charge in [-0.1, -0.05) is 26.8 Å². The van der Waals surface area contributed by atoms with Crippen LogP contribution >= 0.6 is 11.6 Å². The Morgan fingerprint density at radius 1 is 1.41 bits per heavy atom. The van der Waals surface area contributed by atoms with Gasteiger partial charge in [0.05, 0.1) is 12.8 Å². The van der Waals surface area contributed by atoms with Crippen LogP contribution in [0.2, 0.25) is 0 Å². The zero-order chi connectivity index (χ0) is 13.1. The molecule has 1 rings (SSSR count). The molecule has 0 saturated carbocycles. The summed E-state index contributed by atoms with van der Waals surface area (Å²) < 4.78 is 5.20. The van der Waals surface area contributed by atoms with Gasteiger partial charge in [0.2, 0.25) is 5.91 Å². The van der Waals surface area contributed by atoms with E-state index in [-0.39, 0.29) is 17.2 Å². The van der Waals surface area contributed by atoms with Gasteiger partial charge in [-0.2, -0.15) is 0 Å². The normalized spacial score (nSPS) is 11.1. The number of methoxy groups -OCH3 is 1. The van der Waals surface area contributed by atoms with Crippen LogP contribution in [-0.4, -0.2) is 18.9 Å². The SMILES string of the molecule is COc1ccc(C(C)(C)C)cc1NC(=O)CCl. The minimum absolute atomic E-state index is 0.0205. The second kappa shape index (κ2) is 5.41. The summed E-state index contributed by atoms with van der Waals surface area (Å²) in [5, 5.41) is 2.73. The van der Waals surface area contributed by atoms with Gasteiger partial charge in [0.25, 0.3) is 0 Å². The summed E-state index contributed by atoms with van der Waals surface area (Å²) in [6.07, 6.45) is 0. The monoisotopic (exact) mass is 255 g/mol. The molecule has 0 fully saturated rings. The maximum Gasteiger partial charge on any atom is 0.239 e. The Kier molecular flexibility index (Phi) is 4.40. The maximum absolute atomic E-state index is 11.3. The Labute approximate surface area is 107 Å². The minimum Gasteiger partial charge on any atom is -0.495 e. The Morgan fingerprint density at radius 2 is 2.06 bits per heavy atom. The fraction of sp³-hybridized carbons (Fsp3) is 0.462. The van der Waals surface area contributed by atoms with Gasteiger partial charge < -0.3 is 10.1 Å². The van der Waals surface area contributed by atoms with Crippen molar-refractivity contribution in [2.75, 3.05) is 18.3 Å². The van der Waals surface area contributed by atoms with Crippen LogP contribution < -0.4 is 10.1 Å². The molecule has 0 heterocycles. The van der Waals surface area contributed by atoms with Gasteiger partial charge in [0.15, 0.2) is 0 Å². The quantitative estimate of drug-likeness (QED) is 0.843. The number of amides is 1. The molecule has 0 aromatic heterocycles. The van der Waals surface area contributed by atoms with E-state index in [2.05, 4.69) is 26.1 Å². The van der Waals surface area contributed by atoms with Crippen LogP contribution in [0, 0.1) is 0 Å². The van der Waals surface area contributed by atoms with Crippen molar-refractivity contribution < 1.29 is 9.53 Å². The summed E-state index contributed by atoms with van der Waals surface area (Å²) in [5.41, 5.74) is 1.81. The first-order valence-corrected chi connectivity index (χ1v) is 5.96. The van der Waals surface area contributed by atoms with Gasteiger partial charge >= 0.3 is 0 Å². The lowest BCUT2D eigenvalue weighted by Gasteiger charge is -2.21. The van der Waals surface area contributed by atoms with Crippen LogP contribution in [0.4, 0.5) is 5.69 Å². The van der Waals surface area contributed by atoms with Crippen LogP contribution in [0.3, 0.4) is 0 Å². The summed E-state index contributed by atoms with van der Waals surface area (Å²) >= 11 is 5.47. The number of hydrogen-bond donors (Lipinski definition) is 1. The van der Waals surface area contributed by atoms with Crippen molar-refractivity contribution in [1.29, 1.82) is 0 Å². The highest BCUT2D eigenvalue weighted by atomic mass is 35.5. The predicted molar refractivity (Wildman–Crippen MR) is 71.0 cm³/mol. The molecule has 0 saturated heterocycles. The van der Waals surface area contributed by atoms with Crippen LogP contribution in [-0.2, 0) is 10.2 Å². The summed E-state index contributed by atoms with van der Waals surface area (Å²) in [6.45, 7) is 6.34. The zero-order valence-corrected chi connectivity index (χ0v) is 11.4. The van der Waals surface area contributed by atoms with Crippen molar-refractivity contribution in [1.82, 2.24) is 0 Å². The number of anilines is 1. The Bertz CT molecular complexity index is 410. The van der Waals surface area contributed by atoms with Crippen molar-refractivity contribution in [3.8, 4) is 5.75 Å². The number of ether oxygens (including phenoxy) is 1. The molecule has 1 aromatic rings. The molecule has 1 aromatic carbocycles. The Hall–Kier alpha value is -1.22. The molecular weight excluding hydrogens is 238 g/mol. The third kappa shape index (κ3) is 3.63. The van der Waals surface area contributed by atoms with Gasteiger partial charge in [-0.05, 0) is 23.1 Å². The fourth-order valence-electron chi connectivity index (χ4n) is 1.46. The molecular formula is C13H18ClNO2. The first kappa shape index (κ1) is 13.8. The molecule has 0 atom stereocenters. The molecule has 1 N–H and O–H groups in total. The summed E-state index contributed by atoms with van der Waals surface area (Å²) in [4.78, 5) is 11.3. The lowest BCUT2D eigenvalue weighted by atomic mass is 9.87. The van der Waals surface area contributed by atoms with Gasteiger partial charge in [0, 0.05) is 0 Å². The third-order valence-electron chi connectivity index (χ3n) is 2.46. The number of benzene rings is 1. The lowest BCUT2D eigenvalue weighted by Crippen LogP contribution is -2.16. The van der Waals surface area contributed by atoms with Crippen molar-refractivity contribution in [2.45, 2.75) is 26.2 Å². The van der Waals surface area contributed by atoms with Gasteiger partial charge in [-0.3, -0.25) is 4.79 Å². The molecule has 0 radical (unpaired) electrons. The van der Waals surface area contributed by atoms with Gasteiger partial charge in [-0.15, -0.1) is 11.6 Å². The average Bonchev–Trinajstić information content (AvgIpc) is 2.27. The molecule has 0 spiro atoms. The van der Waals surface area contributed by atoms with E-state index in [1.54, 1.807) is 7.11 Å². The van der Waals surface area contributed by atoms with E-state index < -0.39 is 0 Å². The molecule has 0 aliphatic heterocycles. The molecule has 3 nitrogen and oxygen atoms in total. The molecule has 4 heteroatoms. The van der Waals surface area contributed by atoms with Crippen LogP contribution in [0.5, 0.6) is 5.75 Å². The van der Waals surface area contributed by atoms with E-state index in [1.165, 1.54) is 0 Å². The van der Waals surface area contributed by atoms with E-state index >= 15 is 0 Å². The number of rotatable bonds is 3. The van der Waals surface area contributed by atoms with E-state index in [1.807, 2.05) is 18.2 Å². The van der Waals surface area contributed by atoms with Crippen molar-refractivity contribution in [2.24, 2.45) is 0 Å². The standard InChI is InChI=1S/C13H18ClNO2/c1-13(2,3)9-5-6-11(17-4)10(7-9)15-12(16)8-14/h5-7H,8H2,1-4H3,(H,15,16). The van der Waals surface area contributed by atoms with Crippen molar-refractivity contribution in [3.63, 3.8) is 0 Å². The minimum atomic E-state index is -0.240. The molecule has 94 valence electrons. The second-order valence-corrected chi connectivity index (χ2v) is 5.11. The van der Waals surface area contributed by atoms with Crippen molar-refractivity contribution in [3.05, 3.63) is 23.8 Å². The highest BCUT2D eigenvalue weighted by Gasteiger charge is 2.16. The number of hydrogen-bond acceptors (Lipinski definition) is 2. The topological polar surface area (TPSA) is 38.3 Å². The van der Waals surface area contributed by atoms with E-state index in [0.29, 0.717) is 11.4 Å². The first-order valence-electron chi connectivity index (χ1n) is 5.43. The Morgan fingerprint density at radius 3 is 2.53 bits per heavy atom. The smallest absolute Gasteiger partial charge is 0.239 e. The molecule has 17 heavy (non-hydrogen) atoms. The zero-order valence-electron chi connectivity index (χ0n) is 10.6. The number of halogens is 1. The summed E-state index contributed by atoms with van der Waals surface area (Å²) in [5.74, 6) is 0.329. The van der Waals surface area contributed by atoms with Crippen LogP contribution in [0.1, 0.15) is 26.3 Å². The highest BCUT2D eigenvalue weighted by molar-refractivity contribution is 6.29. The average molecular weight is 256 g/mol. The van der Waals surface area contributed by atoms with E-state index in [0.717, 1.165) is 5.56 Å². The van der Waals surface area contributed by atoms with Gasteiger partial charge in [-0.25, -0.2) is 0 Å². The van der Waals surface area contributed by atoms with Crippen LogP contribution in [0.25, 0.3) is 0 Å². The molecule has 0 unspecified atom stereocenters. The molecule has 0 aliphatic carbocycles. The fourth-order valence-corrected chi connectivity index (χ4v) is 1.52. The van der Waals surface area contributed by atoms with Crippen molar-refractivity contribution >= 4 is 23.2 Å². The number of carbonyl (C=O) groups excluding carboxylic acids is 1. The predicted octanol–water partition coefficient (Wildman–Crippen LogP) is 3.17. The third-order valence-corrected chi connectivity index (χ3v) is 2.70. The number of alkyl halides is 1. The summed E-state index contributed by atoms with van der Waals surface area (Å²) in [6, 6.07) is 5.77. The summed E-state index contributed by atoms with van der Waals surface area (Å²) in [7, 11) is 1.57. The molecule has 1 amide bonds. The van der Waals surface area contributed by atoms with E-state index in [9.17, 15) is 4.79 Å². The highest BCUT2D eigenvalue weighted by Crippen LogP contribution is 2.31.